The summed E-state index contributed by atoms with van der Waals surface area (Å²) < 4.78 is 5.38. The Morgan fingerprint density at radius 1 is 1.26 bits per heavy atom. The molecule has 0 saturated carbocycles. The van der Waals surface area contributed by atoms with Crippen LogP contribution >= 0.6 is 23.5 Å². The molecular formula is C20H19N5O7S2. The summed E-state index contributed by atoms with van der Waals surface area (Å²) in [5, 5.41) is 27.4. The van der Waals surface area contributed by atoms with Crippen molar-refractivity contribution < 1.29 is 34.1 Å². The number of nitrogens with one attached hydrogen (secondary N) is 2. The van der Waals surface area contributed by atoms with Crippen LogP contribution < -0.4 is 10.1 Å². The van der Waals surface area contributed by atoms with E-state index in [9.17, 15) is 24.3 Å². The van der Waals surface area contributed by atoms with Crippen LogP contribution in [-0.4, -0.2) is 83.6 Å². The summed E-state index contributed by atoms with van der Waals surface area (Å²) in [4.78, 5) is 52.9. The van der Waals surface area contributed by atoms with Crippen LogP contribution in [0.1, 0.15) is 5.82 Å². The van der Waals surface area contributed by atoms with Gasteiger partial charge >= 0.3 is 11.9 Å². The molecule has 1 aromatic heterocycles. The predicted octanol–water partition coefficient (Wildman–Crippen LogP) is 0.342. The lowest BCUT2D eigenvalue weighted by Gasteiger charge is -2.49. The van der Waals surface area contributed by atoms with Gasteiger partial charge in [0.2, 0.25) is 5.16 Å². The molecule has 178 valence electrons. The molecule has 1 unspecified atom stereocenters. The maximum absolute atomic E-state index is 12.7. The zero-order valence-corrected chi connectivity index (χ0v) is 19.1. The van der Waals surface area contributed by atoms with Crippen LogP contribution in [0.5, 0.6) is 5.75 Å². The summed E-state index contributed by atoms with van der Waals surface area (Å²) in [6.07, 6.45) is -0.306. The zero-order chi connectivity index (χ0) is 24.2. The molecule has 4 N–H and O–H groups in total. The Labute approximate surface area is 201 Å². The molecule has 2 aliphatic heterocycles. The first-order valence-corrected chi connectivity index (χ1v) is 12.0. The lowest BCUT2D eigenvalue weighted by atomic mass is 10.0. The number of H-pyrrole nitrogens is 1. The second-order valence-electron chi connectivity index (χ2n) is 7.24. The number of carbonyl (C=O) groups excluding carboxylic acids is 2. The van der Waals surface area contributed by atoms with E-state index >= 15 is 0 Å². The number of hydrogen-bond donors (Lipinski definition) is 4. The molecule has 0 radical (unpaired) electrons. The minimum Gasteiger partial charge on any atom is -0.484 e. The van der Waals surface area contributed by atoms with E-state index in [-0.39, 0.29) is 35.5 Å². The third-order valence-electron chi connectivity index (χ3n) is 4.88. The number of amides is 2. The Kier molecular flexibility index (Phi) is 7.07. The van der Waals surface area contributed by atoms with Gasteiger partial charge in [0, 0.05) is 11.5 Å². The van der Waals surface area contributed by atoms with Crippen molar-refractivity contribution in [1.82, 2.24) is 25.4 Å². The number of rotatable bonds is 10. The summed E-state index contributed by atoms with van der Waals surface area (Å²) in [6, 6.07) is 7.92. The van der Waals surface area contributed by atoms with Gasteiger partial charge < -0.3 is 20.3 Å². The molecule has 2 aromatic rings. The molecule has 0 bridgehead atoms. The second-order valence-corrected chi connectivity index (χ2v) is 9.29. The predicted molar refractivity (Wildman–Crippen MR) is 120 cm³/mol. The van der Waals surface area contributed by atoms with Crippen molar-refractivity contribution in [2.24, 2.45) is 0 Å². The number of fused-ring (bicyclic) bond motifs is 1. The van der Waals surface area contributed by atoms with E-state index in [2.05, 4.69) is 20.5 Å². The Morgan fingerprint density at radius 3 is 2.74 bits per heavy atom. The quantitative estimate of drug-likeness (QED) is 0.259. The first-order valence-electron chi connectivity index (χ1n) is 9.96. The van der Waals surface area contributed by atoms with Crippen LogP contribution in [0.15, 0.2) is 46.8 Å². The summed E-state index contributed by atoms with van der Waals surface area (Å²) in [5.41, 5.74) is 0.391. The van der Waals surface area contributed by atoms with Crippen LogP contribution in [0.2, 0.25) is 0 Å². The molecular weight excluding hydrogens is 486 g/mol. The van der Waals surface area contributed by atoms with Crippen molar-refractivity contribution in [3.8, 4) is 5.75 Å². The molecule has 0 spiro atoms. The van der Waals surface area contributed by atoms with Gasteiger partial charge in [-0.2, -0.15) is 0 Å². The van der Waals surface area contributed by atoms with E-state index < -0.39 is 35.2 Å². The van der Waals surface area contributed by atoms with Gasteiger partial charge in [-0.3, -0.25) is 24.4 Å². The van der Waals surface area contributed by atoms with Crippen LogP contribution in [0.3, 0.4) is 0 Å². The number of carbonyl (C=O) groups is 4. The zero-order valence-electron chi connectivity index (χ0n) is 17.5. The number of benzene rings is 1. The van der Waals surface area contributed by atoms with Crippen molar-refractivity contribution in [2.45, 2.75) is 23.0 Å². The monoisotopic (exact) mass is 505 g/mol. The van der Waals surface area contributed by atoms with Gasteiger partial charge in [0.15, 0.2) is 6.61 Å². The number of aromatic nitrogens is 3. The minimum atomic E-state index is -1.24. The van der Waals surface area contributed by atoms with Crippen molar-refractivity contribution in [3.05, 3.63) is 47.4 Å². The van der Waals surface area contributed by atoms with Gasteiger partial charge in [0.05, 0.1) is 0 Å². The molecule has 2 amide bonds. The molecule has 1 fully saturated rings. The van der Waals surface area contributed by atoms with Gasteiger partial charge in [0.1, 0.15) is 35.1 Å². The smallest absolute Gasteiger partial charge is 0.352 e. The van der Waals surface area contributed by atoms with Crippen molar-refractivity contribution in [3.63, 3.8) is 0 Å². The number of para-hydroxylation sites is 1. The molecule has 2 aliphatic rings. The molecule has 34 heavy (non-hydrogen) atoms. The van der Waals surface area contributed by atoms with Gasteiger partial charge in [0.25, 0.3) is 11.8 Å². The standard InChI is InChI=1S/C20H19N5O7S2/c26-13(7-32-11-4-2-1-3-5-11)22-15-17(29)25-16(19(30)31)10(8-33-18(15)25)9-34-20-21-12(23-24-20)6-14(27)28/h1-5,15,18H,6-9H2,(H,22,26)(H,27,28)(H,30,31)(H,21,23,24)/t15?,18-/m1/s1. The van der Waals surface area contributed by atoms with E-state index in [0.29, 0.717) is 17.1 Å². The molecule has 1 aromatic carbocycles. The lowest BCUT2D eigenvalue weighted by molar-refractivity contribution is -0.150. The number of carboxylic acids is 2. The van der Waals surface area contributed by atoms with E-state index in [4.69, 9.17) is 9.84 Å². The molecule has 4 rings (SSSR count). The number of thioether (sulfide) groups is 2. The van der Waals surface area contributed by atoms with E-state index in [1.54, 1.807) is 24.3 Å². The summed E-state index contributed by atoms with van der Waals surface area (Å²) >= 11 is 2.48. The van der Waals surface area contributed by atoms with Crippen LogP contribution in [0, 0.1) is 0 Å². The second kappa shape index (κ2) is 10.2. The summed E-state index contributed by atoms with van der Waals surface area (Å²) in [6.45, 7) is -0.269. The van der Waals surface area contributed by atoms with Crippen LogP contribution in [0.25, 0.3) is 0 Å². The number of carboxylic acid groups (broad SMARTS) is 2. The van der Waals surface area contributed by atoms with Gasteiger partial charge in [-0.05, 0) is 17.7 Å². The number of nitrogens with zero attached hydrogens (tertiary/aromatic N) is 3. The van der Waals surface area contributed by atoms with E-state index in [0.717, 1.165) is 11.8 Å². The first kappa shape index (κ1) is 23.6. The number of ether oxygens (including phenoxy) is 1. The fourth-order valence-corrected chi connectivity index (χ4v) is 5.69. The van der Waals surface area contributed by atoms with Gasteiger partial charge in [-0.25, -0.2) is 9.78 Å². The highest BCUT2D eigenvalue weighted by Gasteiger charge is 2.54. The average Bonchev–Trinajstić information content (AvgIpc) is 3.26. The fourth-order valence-electron chi connectivity index (χ4n) is 3.39. The largest absolute Gasteiger partial charge is 0.484 e. The maximum Gasteiger partial charge on any atom is 0.352 e. The van der Waals surface area contributed by atoms with E-state index in [1.807, 2.05) is 6.07 Å². The van der Waals surface area contributed by atoms with Gasteiger partial charge in [-0.15, -0.1) is 16.9 Å². The molecule has 1 saturated heterocycles. The first-order chi connectivity index (χ1) is 16.3. The fraction of sp³-hybridized carbons (Fsp3) is 0.300. The van der Waals surface area contributed by atoms with Gasteiger partial charge in [-0.1, -0.05) is 30.0 Å². The van der Waals surface area contributed by atoms with Crippen molar-refractivity contribution in [2.75, 3.05) is 18.1 Å². The Bertz CT molecular complexity index is 1150. The molecule has 3 heterocycles. The highest BCUT2D eigenvalue weighted by molar-refractivity contribution is 8.01. The number of aromatic amines is 1. The maximum atomic E-state index is 12.7. The highest BCUT2D eigenvalue weighted by atomic mass is 32.2. The highest BCUT2D eigenvalue weighted by Crippen LogP contribution is 2.41. The normalized spacial score (nSPS) is 19.3. The number of aliphatic carboxylic acids is 2. The molecule has 2 atom stereocenters. The Hall–Kier alpha value is -3.52. The third-order valence-corrected chi connectivity index (χ3v) is 7.16. The Morgan fingerprint density at radius 2 is 2.03 bits per heavy atom. The topological polar surface area (TPSA) is 175 Å². The third kappa shape index (κ3) is 5.17. The number of hydrogen-bond acceptors (Lipinski definition) is 9. The molecule has 12 nitrogen and oxygen atoms in total. The summed E-state index contributed by atoms with van der Waals surface area (Å²) in [7, 11) is 0. The average molecular weight is 506 g/mol. The SMILES string of the molecule is O=C(O)Cc1nc(SCC2=C(C(=O)O)N3C(=O)C(NC(=O)COc4ccccc4)[C@H]3SC2)n[nH]1. The van der Waals surface area contributed by atoms with E-state index in [1.165, 1.54) is 16.7 Å². The van der Waals surface area contributed by atoms with Crippen molar-refractivity contribution >= 4 is 47.3 Å². The number of β-lactam (4-membered cyclic amide) rings is 1. The lowest BCUT2D eigenvalue weighted by Crippen LogP contribution is -2.70. The van der Waals surface area contributed by atoms with Crippen molar-refractivity contribution in [1.29, 1.82) is 0 Å². The molecule has 14 heteroatoms. The summed E-state index contributed by atoms with van der Waals surface area (Å²) in [5.74, 6) is -2.03. The minimum absolute atomic E-state index is 0.117. The molecule has 0 aliphatic carbocycles. The van der Waals surface area contributed by atoms with Crippen LogP contribution in [0.4, 0.5) is 0 Å². The van der Waals surface area contributed by atoms with Crippen LogP contribution in [-0.2, 0) is 25.6 Å². The Balaban J connectivity index is 1.37.